The first-order chi connectivity index (χ1) is 34.9. The fourth-order valence-corrected chi connectivity index (χ4v) is 9.50. The van der Waals surface area contributed by atoms with Gasteiger partial charge in [-0.05, 0) is 66.4 Å². The molecule has 74 heavy (non-hydrogen) atoms. The molecule has 2 heterocycles. The van der Waals surface area contributed by atoms with E-state index in [1.807, 2.05) is 0 Å². The number of rotatable bonds is 17. The van der Waals surface area contributed by atoms with Crippen LogP contribution in [-0.4, -0.2) is 126 Å². The Kier molecular flexibility index (Phi) is 14.4. The molecule has 10 N–H and O–H groups in total. The zero-order valence-corrected chi connectivity index (χ0v) is 40.3. The summed E-state index contributed by atoms with van der Waals surface area (Å²) in [5.74, 6) is -5.79. The molecule has 1 unspecified atom stereocenters. The number of aromatic hydroxyl groups is 1. The minimum atomic E-state index is -5.13. The van der Waals surface area contributed by atoms with Crippen molar-refractivity contribution in [2.75, 3.05) is 60.8 Å². The Labute approximate surface area is 418 Å². The minimum absolute atomic E-state index is 0.0249. The number of morpholine rings is 1. The number of aromatic nitrogens is 3. The quantitative estimate of drug-likeness (QED) is 0.0362. The Morgan fingerprint density at radius 1 is 0.784 bits per heavy atom. The zero-order valence-electron chi connectivity index (χ0n) is 37.8. The van der Waals surface area contributed by atoms with Gasteiger partial charge in [-0.1, -0.05) is 12.1 Å². The summed E-state index contributed by atoms with van der Waals surface area (Å²) in [5, 5.41) is 66.7. The molecule has 1 aliphatic heterocycles. The van der Waals surface area contributed by atoms with E-state index in [4.69, 9.17) is 9.47 Å². The Balaban J connectivity index is 1.27. The van der Waals surface area contributed by atoms with Crippen molar-refractivity contribution in [3.63, 3.8) is 0 Å². The fourth-order valence-electron chi connectivity index (χ4n) is 7.59. The topological polar surface area (TPSA) is 424 Å². The molecule has 8 rings (SSSR count). The maximum atomic E-state index is 12.8. The van der Waals surface area contributed by atoms with Gasteiger partial charge in [0.2, 0.25) is 17.8 Å². The number of carboxylic acids is 2. The van der Waals surface area contributed by atoms with Gasteiger partial charge < -0.3 is 50.8 Å². The third kappa shape index (κ3) is 11.7. The van der Waals surface area contributed by atoms with Crippen LogP contribution in [0.3, 0.4) is 0 Å². The van der Waals surface area contributed by atoms with Gasteiger partial charge in [0.25, 0.3) is 30.4 Å². The van der Waals surface area contributed by atoms with Gasteiger partial charge in [0.05, 0.1) is 47.1 Å². The van der Waals surface area contributed by atoms with Gasteiger partial charge in [0.15, 0.2) is 5.75 Å². The number of aliphatic carboxylic acids is 1. The molecule has 31 heteroatoms. The number of phenols is 1. The van der Waals surface area contributed by atoms with Crippen LogP contribution in [0.4, 0.5) is 52.0 Å². The lowest BCUT2D eigenvalue weighted by Crippen LogP contribution is -2.37. The van der Waals surface area contributed by atoms with Crippen LogP contribution in [0, 0.1) is 5.92 Å². The van der Waals surface area contributed by atoms with Crippen molar-refractivity contribution < 1.29 is 78.4 Å². The van der Waals surface area contributed by atoms with E-state index in [0.717, 1.165) is 18.2 Å². The largest absolute Gasteiger partial charge is 0.508 e. The van der Waals surface area contributed by atoms with Crippen molar-refractivity contribution in [1.29, 1.82) is 0 Å². The van der Waals surface area contributed by atoms with E-state index >= 15 is 0 Å². The van der Waals surface area contributed by atoms with E-state index in [0.29, 0.717) is 43.8 Å². The molecule has 0 saturated carbocycles. The third-order valence-electron chi connectivity index (χ3n) is 11.0. The first kappa shape index (κ1) is 51.9. The molecule has 386 valence electrons. The van der Waals surface area contributed by atoms with Crippen LogP contribution in [0.1, 0.15) is 16.8 Å². The number of methoxy groups -OCH3 is 1. The van der Waals surface area contributed by atoms with Gasteiger partial charge in [-0.3, -0.25) is 18.5 Å². The lowest BCUT2D eigenvalue weighted by atomic mass is 9.85. The van der Waals surface area contributed by atoms with Crippen LogP contribution < -0.4 is 25.6 Å². The first-order valence-electron chi connectivity index (χ1n) is 21.2. The second-order valence-corrected chi connectivity index (χ2v) is 20.2. The summed E-state index contributed by atoms with van der Waals surface area (Å²) in [5.41, 5.74) is -1.07. The van der Waals surface area contributed by atoms with Crippen LogP contribution in [0.25, 0.3) is 10.8 Å². The summed E-state index contributed by atoms with van der Waals surface area (Å²) in [6, 6.07) is 13.5. The number of aliphatic hydroxyl groups excluding tert-OH is 1. The monoisotopic (exact) mass is 1080 g/mol. The lowest BCUT2D eigenvalue weighted by Gasteiger charge is -2.27. The van der Waals surface area contributed by atoms with Crippen molar-refractivity contribution in [1.82, 2.24) is 15.0 Å². The molecule has 1 saturated heterocycles. The number of aromatic carboxylic acids is 1. The summed E-state index contributed by atoms with van der Waals surface area (Å²) >= 11 is 0. The molecule has 4 aromatic carbocycles. The molecule has 5 aromatic rings. The second kappa shape index (κ2) is 20.6. The average molecular weight is 1080 g/mol. The normalized spacial score (nSPS) is 16.4. The molecule has 1 aromatic heterocycles. The van der Waals surface area contributed by atoms with Crippen LogP contribution in [0.15, 0.2) is 131 Å². The van der Waals surface area contributed by atoms with Crippen LogP contribution in [-0.2, 0) is 39.9 Å². The highest BCUT2D eigenvalue weighted by Crippen LogP contribution is 2.46. The van der Waals surface area contributed by atoms with E-state index in [1.165, 1.54) is 61.7 Å². The van der Waals surface area contributed by atoms with Gasteiger partial charge in [-0.2, -0.15) is 45.3 Å². The predicted octanol–water partition coefficient (Wildman–Crippen LogP) is 6.28. The number of fused-ring (bicyclic) bond motifs is 2. The lowest BCUT2D eigenvalue weighted by molar-refractivity contribution is -0.134. The number of hydrogen-bond donors (Lipinski definition) is 10. The minimum Gasteiger partial charge on any atom is -0.508 e. The third-order valence-corrected chi connectivity index (χ3v) is 13.7. The first-order valence-corrected chi connectivity index (χ1v) is 25.5. The molecular weight excluding hydrogens is 1040 g/mol. The van der Waals surface area contributed by atoms with E-state index in [9.17, 15) is 68.9 Å². The molecular formula is C43H39N11O17S3. The van der Waals surface area contributed by atoms with Gasteiger partial charge in [-0.15, -0.1) is 15.3 Å². The van der Waals surface area contributed by atoms with E-state index < -0.39 is 98.8 Å². The number of hydrogen-bond acceptors (Lipinski definition) is 23. The molecule has 1 atom stereocenters. The van der Waals surface area contributed by atoms with E-state index in [1.54, 1.807) is 4.90 Å². The van der Waals surface area contributed by atoms with E-state index in [2.05, 4.69) is 51.4 Å². The van der Waals surface area contributed by atoms with Gasteiger partial charge >= 0.3 is 11.9 Å². The number of aliphatic hydroxyl groups is 1. The Bertz CT molecular complexity index is 3690. The molecule has 0 bridgehead atoms. The number of phenolic OH excluding ortho intramolecular Hbond substituents is 1. The summed E-state index contributed by atoms with van der Waals surface area (Å²) in [6.45, 7) is 0.611. The van der Waals surface area contributed by atoms with Crippen LogP contribution in [0.5, 0.6) is 11.5 Å². The number of carboxylic acid groups (broad SMARTS) is 2. The highest BCUT2D eigenvalue weighted by Gasteiger charge is 2.35. The average Bonchev–Trinajstić information content (AvgIpc) is 3.34. The van der Waals surface area contributed by atoms with Gasteiger partial charge in [0, 0.05) is 53.5 Å². The number of ether oxygens (including phenoxy) is 2. The molecule has 0 radical (unpaired) electrons. The van der Waals surface area contributed by atoms with Crippen molar-refractivity contribution in [2.45, 2.75) is 11.3 Å². The standard InChI is InChI=1S/C43H39N11O17S3/c1-70-34-19-30(50-52-32-16-26(72(61,62)63)12-23-13-27(73(64,65)66)17-33(55)37(23)32)29(46-42-47-41(44-20-36(56)57)48-43(49-42)54-8-10-71-11-9-54)18-31(34)51-53-38-35(74(67,68)69)14-22-4-7-25(15-28(22)39(38)58)45-24-5-2-21(3-6-24)40(59)60/h2-7,13-19,23,45,55,58H,8-12,20H2,1H3,(H,56,57)(H,59,60)(H,61,62,63)(H,64,65,66)(H,67,68,69)(H2,44,46,47,48,49). The predicted molar refractivity (Wildman–Crippen MR) is 261 cm³/mol. The van der Waals surface area contributed by atoms with Crippen LogP contribution >= 0.6 is 0 Å². The van der Waals surface area contributed by atoms with Crippen LogP contribution in [0.2, 0.25) is 0 Å². The maximum absolute atomic E-state index is 12.8. The summed E-state index contributed by atoms with van der Waals surface area (Å²) < 4.78 is 116. The number of nitrogens with zero attached hydrogens (tertiary/aromatic N) is 8. The summed E-state index contributed by atoms with van der Waals surface area (Å²) in [4.78, 5) is 35.4. The fraction of sp³-hybridized carbons (Fsp3) is 0.186. The van der Waals surface area contributed by atoms with Gasteiger partial charge in [-0.25, -0.2) is 4.79 Å². The SMILES string of the molecule is COc1cc(N=NC2=C3C(O)=CC(S(=O)(=O)O)=CC3CC(S(=O)(=O)O)=C2)c(Nc2nc(NCC(=O)O)nc(N3CCOCC3)n2)cc1N=Nc1c(S(=O)(=O)O)cc2ccc(Nc3ccc(C(=O)O)cc3)cc2c1O. The van der Waals surface area contributed by atoms with Crippen molar-refractivity contribution >= 4 is 105 Å². The molecule has 1 fully saturated rings. The Morgan fingerprint density at radius 3 is 2.12 bits per heavy atom. The van der Waals surface area contributed by atoms with E-state index in [-0.39, 0.29) is 62.6 Å². The van der Waals surface area contributed by atoms with Crippen molar-refractivity contribution in [2.24, 2.45) is 26.4 Å². The molecule has 2 aliphatic carbocycles. The highest BCUT2D eigenvalue weighted by atomic mass is 32.2. The number of benzene rings is 4. The number of carbonyl (C=O) groups is 2. The Morgan fingerprint density at radius 2 is 1.47 bits per heavy atom. The molecule has 0 spiro atoms. The summed E-state index contributed by atoms with van der Waals surface area (Å²) in [7, 11) is -13.8. The highest BCUT2D eigenvalue weighted by molar-refractivity contribution is 7.90. The number of anilines is 6. The summed E-state index contributed by atoms with van der Waals surface area (Å²) in [6.07, 6.45) is 1.94. The molecule has 3 aliphatic rings. The number of nitrogens with one attached hydrogen (secondary N) is 3. The van der Waals surface area contributed by atoms with Crippen molar-refractivity contribution in [3.8, 4) is 11.5 Å². The smallest absolute Gasteiger partial charge is 0.335 e. The number of azo groups is 2. The van der Waals surface area contributed by atoms with Gasteiger partial charge in [0.1, 0.15) is 40.0 Å². The second-order valence-electron chi connectivity index (χ2n) is 16.0. The number of allylic oxidation sites excluding steroid dienone is 5. The molecule has 0 amide bonds. The maximum Gasteiger partial charge on any atom is 0.335 e. The molecule has 28 nitrogen and oxygen atoms in total. The van der Waals surface area contributed by atoms with Crippen molar-refractivity contribution in [3.05, 3.63) is 111 Å². The Hall–Kier alpha value is -8.46. The zero-order chi connectivity index (χ0) is 53.3.